The summed E-state index contributed by atoms with van der Waals surface area (Å²) in [5, 5.41) is 3.51. The Morgan fingerprint density at radius 1 is 1.16 bits per heavy atom. The maximum absolute atomic E-state index is 5.33. The normalized spacial score (nSPS) is 17.6. The molecule has 0 saturated carbocycles. The molecule has 1 unspecified atom stereocenters. The largest absolute Gasteiger partial charge is 0.493 e. The fraction of sp³-hybridized carbons (Fsp3) is 0.312. The van der Waals surface area contributed by atoms with Gasteiger partial charge in [0.1, 0.15) is 0 Å². The van der Waals surface area contributed by atoms with Gasteiger partial charge < -0.3 is 10.1 Å². The molecule has 0 aliphatic heterocycles. The number of benzene rings is 1. The van der Waals surface area contributed by atoms with Crippen molar-refractivity contribution in [3.8, 4) is 5.75 Å². The molecule has 1 N–H and O–H groups in total. The van der Waals surface area contributed by atoms with Crippen LogP contribution in [0, 0.1) is 0 Å². The second-order valence-electron chi connectivity index (χ2n) is 4.91. The van der Waals surface area contributed by atoms with Crippen LogP contribution >= 0.6 is 0 Å². The highest BCUT2D eigenvalue weighted by Crippen LogP contribution is 2.26. The number of nitrogens with one attached hydrogen (secondary N) is 1. The molecule has 3 nitrogen and oxygen atoms in total. The Morgan fingerprint density at radius 3 is 2.84 bits per heavy atom. The summed E-state index contributed by atoms with van der Waals surface area (Å²) in [6.45, 7) is 0. The summed E-state index contributed by atoms with van der Waals surface area (Å²) in [6, 6.07) is 12.9. The number of methoxy groups -OCH3 is 1. The van der Waals surface area contributed by atoms with Gasteiger partial charge in [-0.3, -0.25) is 0 Å². The Balaban J connectivity index is 1.75. The van der Waals surface area contributed by atoms with Crippen molar-refractivity contribution in [3.63, 3.8) is 0 Å². The lowest BCUT2D eigenvalue weighted by Crippen LogP contribution is -2.27. The topological polar surface area (TPSA) is 34.1 Å². The average molecular weight is 254 g/mol. The highest BCUT2D eigenvalue weighted by atomic mass is 16.5. The quantitative estimate of drug-likeness (QED) is 0.914. The van der Waals surface area contributed by atoms with E-state index in [1.807, 2.05) is 12.1 Å². The Morgan fingerprint density at radius 2 is 2.00 bits per heavy atom. The molecule has 3 rings (SSSR count). The molecular formula is C16H18N2O. The Bertz CT molecular complexity index is 568. The first kappa shape index (κ1) is 12.0. The molecule has 0 amide bonds. The third-order valence-corrected chi connectivity index (χ3v) is 3.68. The molecule has 1 aromatic carbocycles. The smallest absolute Gasteiger partial charge is 0.168 e. The van der Waals surface area contributed by atoms with E-state index in [0.29, 0.717) is 6.04 Å². The van der Waals surface area contributed by atoms with Crippen LogP contribution in [0.4, 0.5) is 5.82 Å². The standard InChI is InChI=1S/C16H18N2O/c1-19-15-7-4-10-17-16(15)18-14-9-8-12-5-2-3-6-13(12)11-14/h2-7,10,14H,8-9,11H2,1H3,(H,17,18). The van der Waals surface area contributed by atoms with Crippen LogP contribution in [0.2, 0.25) is 0 Å². The first-order valence-electron chi connectivity index (χ1n) is 6.69. The minimum atomic E-state index is 0.429. The van der Waals surface area contributed by atoms with Gasteiger partial charge in [-0.2, -0.15) is 0 Å². The van der Waals surface area contributed by atoms with Crippen LogP contribution in [0.1, 0.15) is 17.5 Å². The van der Waals surface area contributed by atoms with Gasteiger partial charge in [-0.1, -0.05) is 24.3 Å². The van der Waals surface area contributed by atoms with E-state index in [0.717, 1.165) is 30.8 Å². The number of rotatable bonds is 3. The van der Waals surface area contributed by atoms with Gasteiger partial charge in [-0.15, -0.1) is 0 Å². The third-order valence-electron chi connectivity index (χ3n) is 3.68. The molecule has 0 fully saturated rings. The number of aryl methyl sites for hydroxylation is 1. The summed E-state index contributed by atoms with van der Waals surface area (Å²) in [4.78, 5) is 4.36. The molecule has 1 aliphatic rings. The average Bonchev–Trinajstić information content (AvgIpc) is 2.48. The van der Waals surface area contributed by atoms with Crippen LogP contribution in [-0.4, -0.2) is 18.1 Å². The molecule has 98 valence electrons. The third kappa shape index (κ3) is 2.55. The zero-order chi connectivity index (χ0) is 13.1. The molecule has 0 bridgehead atoms. The van der Waals surface area contributed by atoms with Gasteiger partial charge in [0.05, 0.1) is 7.11 Å². The number of ether oxygens (including phenoxy) is 1. The zero-order valence-electron chi connectivity index (χ0n) is 11.1. The number of nitrogens with zero attached hydrogens (tertiary/aromatic N) is 1. The Labute approximate surface area is 113 Å². The van der Waals surface area contributed by atoms with Crippen LogP contribution in [0.25, 0.3) is 0 Å². The molecule has 3 heteroatoms. The van der Waals surface area contributed by atoms with Crippen molar-refractivity contribution < 1.29 is 4.74 Å². The van der Waals surface area contributed by atoms with Crippen LogP contribution in [-0.2, 0) is 12.8 Å². The molecule has 1 aromatic heterocycles. The van der Waals surface area contributed by atoms with Crippen LogP contribution in [0.3, 0.4) is 0 Å². The van der Waals surface area contributed by atoms with Crippen molar-refractivity contribution >= 4 is 5.82 Å². The van der Waals surface area contributed by atoms with Crippen molar-refractivity contribution in [2.24, 2.45) is 0 Å². The second kappa shape index (κ2) is 5.31. The molecule has 0 saturated heterocycles. The van der Waals surface area contributed by atoms with Crippen molar-refractivity contribution in [1.82, 2.24) is 4.98 Å². The molecule has 0 spiro atoms. The summed E-state index contributed by atoms with van der Waals surface area (Å²) < 4.78 is 5.33. The van der Waals surface area contributed by atoms with E-state index >= 15 is 0 Å². The summed E-state index contributed by atoms with van der Waals surface area (Å²) >= 11 is 0. The van der Waals surface area contributed by atoms with E-state index in [1.165, 1.54) is 11.1 Å². The fourth-order valence-electron chi connectivity index (χ4n) is 2.68. The van der Waals surface area contributed by atoms with Gasteiger partial charge in [0, 0.05) is 12.2 Å². The first-order valence-corrected chi connectivity index (χ1v) is 6.69. The number of pyridine rings is 1. The molecule has 0 radical (unpaired) electrons. The van der Waals surface area contributed by atoms with E-state index in [2.05, 4.69) is 34.6 Å². The Kier molecular flexibility index (Phi) is 3.36. The van der Waals surface area contributed by atoms with Crippen molar-refractivity contribution in [3.05, 3.63) is 53.7 Å². The number of hydrogen-bond donors (Lipinski definition) is 1. The highest BCUT2D eigenvalue weighted by molar-refractivity contribution is 5.50. The number of anilines is 1. The molecule has 1 heterocycles. The molecular weight excluding hydrogens is 236 g/mol. The summed E-state index contributed by atoms with van der Waals surface area (Å²) in [5.41, 5.74) is 2.93. The summed E-state index contributed by atoms with van der Waals surface area (Å²) in [7, 11) is 1.68. The molecule has 19 heavy (non-hydrogen) atoms. The van der Waals surface area contributed by atoms with E-state index < -0.39 is 0 Å². The van der Waals surface area contributed by atoms with Crippen molar-refractivity contribution in [2.45, 2.75) is 25.3 Å². The Hall–Kier alpha value is -2.03. The van der Waals surface area contributed by atoms with Gasteiger partial charge in [-0.25, -0.2) is 4.98 Å². The minimum Gasteiger partial charge on any atom is -0.493 e. The summed E-state index contributed by atoms with van der Waals surface area (Å²) in [5.74, 6) is 1.65. The van der Waals surface area contributed by atoms with E-state index in [9.17, 15) is 0 Å². The number of hydrogen-bond acceptors (Lipinski definition) is 3. The first-order chi connectivity index (χ1) is 9.36. The van der Waals surface area contributed by atoms with E-state index in [-0.39, 0.29) is 0 Å². The maximum Gasteiger partial charge on any atom is 0.168 e. The SMILES string of the molecule is COc1cccnc1NC1CCc2ccccc2C1. The van der Waals surface area contributed by atoms with Crippen LogP contribution in [0.5, 0.6) is 5.75 Å². The van der Waals surface area contributed by atoms with Crippen LogP contribution in [0.15, 0.2) is 42.6 Å². The fourth-order valence-corrected chi connectivity index (χ4v) is 2.68. The molecule has 1 atom stereocenters. The highest BCUT2D eigenvalue weighted by Gasteiger charge is 2.19. The van der Waals surface area contributed by atoms with E-state index in [1.54, 1.807) is 13.3 Å². The summed E-state index contributed by atoms with van der Waals surface area (Å²) in [6.07, 6.45) is 5.11. The molecule has 1 aliphatic carbocycles. The van der Waals surface area contributed by atoms with Gasteiger partial charge in [0.2, 0.25) is 0 Å². The van der Waals surface area contributed by atoms with Crippen molar-refractivity contribution in [1.29, 1.82) is 0 Å². The van der Waals surface area contributed by atoms with Gasteiger partial charge in [0.25, 0.3) is 0 Å². The second-order valence-corrected chi connectivity index (χ2v) is 4.91. The van der Waals surface area contributed by atoms with Gasteiger partial charge >= 0.3 is 0 Å². The predicted octanol–water partition coefficient (Wildman–Crippen LogP) is 3.06. The van der Waals surface area contributed by atoms with E-state index in [4.69, 9.17) is 4.74 Å². The minimum absolute atomic E-state index is 0.429. The van der Waals surface area contributed by atoms with Crippen molar-refractivity contribution in [2.75, 3.05) is 12.4 Å². The number of fused-ring (bicyclic) bond motifs is 1. The lowest BCUT2D eigenvalue weighted by atomic mass is 9.88. The predicted molar refractivity (Wildman–Crippen MR) is 76.7 cm³/mol. The van der Waals surface area contributed by atoms with Gasteiger partial charge in [-0.05, 0) is 42.5 Å². The monoisotopic (exact) mass is 254 g/mol. The number of aromatic nitrogens is 1. The maximum atomic E-state index is 5.33. The molecule has 2 aromatic rings. The van der Waals surface area contributed by atoms with Gasteiger partial charge in [0.15, 0.2) is 11.6 Å². The lowest BCUT2D eigenvalue weighted by Gasteiger charge is -2.26. The lowest BCUT2D eigenvalue weighted by molar-refractivity contribution is 0.413. The zero-order valence-corrected chi connectivity index (χ0v) is 11.1. The van der Waals surface area contributed by atoms with Crippen LogP contribution < -0.4 is 10.1 Å².